The van der Waals surface area contributed by atoms with Crippen LogP contribution in [0.5, 0.6) is 5.75 Å². The van der Waals surface area contributed by atoms with Crippen LogP contribution in [-0.4, -0.2) is 130 Å². The first kappa shape index (κ1) is 48.2. The number of hydrogen-bond acceptors (Lipinski definition) is 14. The predicted octanol–water partition coefficient (Wildman–Crippen LogP) is 7.73. The van der Waals surface area contributed by atoms with Crippen LogP contribution in [0.1, 0.15) is 68.3 Å². The van der Waals surface area contributed by atoms with Crippen LogP contribution >= 0.6 is 23.1 Å². The van der Waals surface area contributed by atoms with Crippen molar-refractivity contribution in [2.24, 2.45) is 13.0 Å². The molecule has 19 heteroatoms. The maximum Gasteiger partial charge on any atom is 0.235 e. The summed E-state index contributed by atoms with van der Waals surface area (Å²) in [5.74, 6) is 0.864. The topological polar surface area (TPSA) is 183 Å². The van der Waals surface area contributed by atoms with Crippen molar-refractivity contribution in [3.8, 4) is 5.75 Å². The maximum absolute atomic E-state index is 14.5. The molecule has 3 N–H and O–H groups in total. The van der Waals surface area contributed by atoms with E-state index in [-0.39, 0.29) is 23.6 Å². The highest BCUT2D eigenvalue weighted by Gasteiger charge is 2.40. The number of piperidine rings is 2. The number of halogens is 1. The molecule has 3 aromatic carbocycles. The fourth-order valence-electron chi connectivity index (χ4n) is 11.7. The maximum atomic E-state index is 14.5. The van der Waals surface area contributed by atoms with E-state index in [1.54, 1.807) is 6.20 Å². The summed E-state index contributed by atoms with van der Waals surface area (Å²) in [6.07, 6.45) is 7.83. The third-order valence-electron chi connectivity index (χ3n) is 15.5. The minimum absolute atomic E-state index is 0.0611. The molecule has 6 aromatic rings. The van der Waals surface area contributed by atoms with E-state index < -0.39 is 13.1 Å². The van der Waals surface area contributed by atoms with E-state index in [0.29, 0.717) is 72.8 Å². The summed E-state index contributed by atoms with van der Waals surface area (Å²) in [6, 6.07) is 18.8. The van der Waals surface area contributed by atoms with Gasteiger partial charge < -0.3 is 34.6 Å². The Kier molecular flexibility index (Phi) is 13.2. The van der Waals surface area contributed by atoms with Crippen LogP contribution in [-0.2, 0) is 26.0 Å². The zero-order valence-electron chi connectivity index (χ0n) is 41.4. The summed E-state index contributed by atoms with van der Waals surface area (Å²) in [5.41, 5.74) is 8.25. The Labute approximate surface area is 428 Å². The summed E-state index contributed by atoms with van der Waals surface area (Å²) < 4.78 is 23.3. The fraction of sp³-hybridized carbons (Fsp3) is 0.453. The van der Waals surface area contributed by atoms with Crippen molar-refractivity contribution in [3.05, 3.63) is 82.2 Å². The van der Waals surface area contributed by atoms with Crippen molar-refractivity contribution in [1.29, 1.82) is 0 Å². The molecule has 0 bridgehead atoms. The fourth-order valence-corrected chi connectivity index (χ4v) is 15.4. The van der Waals surface area contributed by atoms with Gasteiger partial charge in [0.05, 0.1) is 56.7 Å². The number of nitrogens with zero attached hydrogens (tertiary/aromatic N) is 9. The lowest BCUT2D eigenvalue weighted by Gasteiger charge is -2.46. The number of benzene rings is 3. The molecule has 5 aliphatic rings. The van der Waals surface area contributed by atoms with Crippen molar-refractivity contribution in [3.63, 3.8) is 0 Å². The van der Waals surface area contributed by atoms with Crippen molar-refractivity contribution in [1.82, 2.24) is 39.8 Å². The van der Waals surface area contributed by atoms with Crippen LogP contribution in [0, 0.1) is 19.8 Å². The van der Waals surface area contributed by atoms with Crippen LogP contribution in [0.4, 0.5) is 34.5 Å². The van der Waals surface area contributed by atoms with Gasteiger partial charge in [-0.1, -0.05) is 18.2 Å². The number of carbonyl (C=O) groups excluding carboxylic acids is 3. The molecular formula is C53H62BrN12O5P. The van der Waals surface area contributed by atoms with E-state index >= 15 is 0 Å². The number of anilines is 6. The molecule has 8 heterocycles. The number of para-hydroxylation sites is 1. The Morgan fingerprint density at radius 2 is 1.65 bits per heavy atom. The second-order valence-corrected chi connectivity index (χ2v) is 24.1. The van der Waals surface area contributed by atoms with Crippen molar-refractivity contribution >= 4 is 102 Å². The van der Waals surface area contributed by atoms with E-state index in [1.165, 1.54) is 0 Å². The van der Waals surface area contributed by atoms with Gasteiger partial charge in [-0.3, -0.25) is 34.3 Å². The Morgan fingerprint density at radius 1 is 0.875 bits per heavy atom. The molecule has 0 saturated carbocycles. The average molecular weight is 1060 g/mol. The molecule has 5 fully saturated rings. The molecule has 0 spiro atoms. The molecule has 5 aliphatic heterocycles. The highest BCUT2D eigenvalue weighted by atomic mass is 79.9. The number of nitrogens with one attached hydrogen (secondary N) is 3. The molecule has 0 aliphatic carbocycles. The number of pyridine rings is 1. The number of aryl methyl sites for hydroxylation is 3. The zero-order chi connectivity index (χ0) is 49.8. The van der Waals surface area contributed by atoms with Gasteiger partial charge in [0, 0.05) is 124 Å². The second-order valence-electron chi connectivity index (χ2n) is 20.1. The first-order valence-electron chi connectivity index (χ1n) is 25.5. The van der Waals surface area contributed by atoms with Crippen LogP contribution < -0.4 is 35.8 Å². The van der Waals surface area contributed by atoms with E-state index in [4.69, 9.17) is 19.8 Å². The third kappa shape index (κ3) is 9.19. The van der Waals surface area contributed by atoms with Crippen molar-refractivity contribution in [2.45, 2.75) is 71.3 Å². The molecule has 3 amide bonds. The molecule has 0 radical (unpaired) electrons. The van der Waals surface area contributed by atoms with Crippen LogP contribution in [0.3, 0.4) is 0 Å². The Hall–Kier alpha value is -6.10. The van der Waals surface area contributed by atoms with Gasteiger partial charge in [-0.05, 0) is 105 Å². The lowest BCUT2D eigenvalue weighted by Crippen LogP contribution is -2.59. The number of imide groups is 1. The van der Waals surface area contributed by atoms with Gasteiger partial charge in [-0.2, -0.15) is 10.1 Å². The zero-order valence-corrected chi connectivity index (χ0v) is 43.9. The predicted molar refractivity (Wildman–Crippen MR) is 286 cm³/mol. The molecule has 17 nitrogen and oxygen atoms in total. The minimum Gasteiger partial charge on any atom is -0.492 e. The normalized spacial score (nSPS) is 20.0. The van der Waals surface area contributed by atoms with Gasteiger partial charge in [0.15, 0.2) is 0 Å². The van der Waals surface area contributed by atoms with Gasteiger partial charge in [0.1, 0.15) is 18.7 Å². The van der Waals surface area contributed by atoms with Gasteiger partial charge in [-0.25, -0.2) is 4.98 Å². The number of carbonyl (C=O) groups is 3. The van der Waals surface area contributed by atoms with Crippen molar-refractivity contribution in [2.75, 3.05) is 91.7 Å². The number of piperazine rings is 1. The third-order valence-corrected chi connectivity index (χ3v) is 19.4. The number of hydrogen-bond donors (Lipinski definition) is 3. The van der Waals surface area contributed by atoms with Gasteiger partial charge in [-0.15, -0.1) is 0 Å². The Bertz CT molecular complexity index is 3150. The molecule has 5 saturated heterocycles. The van der Waals surface area contributed by atoms with Crippen LogP contribution in [0.15, 0.2) is 65.3 Å². The van der Waals surface area contributed by atoms with E-state index in [1.807, 2.05) is 55.9 Å². The summed E-state index contributed by atoms with van der Waals surface area (Å²) in [6.45, 7) is 12.9. The number of ether oxygens (including phenoxy) is 1. The standard InChI is InChI=1S/C53H62BrN12O5P/c1-5-71-45-28-44(32(2)27-42(45)58-53-55-29-39(54)50(60-53)57-41-15-14-40-36(12-11-33(3)56-40)49(41)72(70)25-6-7-26-72)64-19-17-35(18-20-64)63-21-23-65(24-22-63)52(69)34-30-66(31-34)43-10-8-9-37-47(61-62(4)48(37)43)38-13-16-46(67)59-51(38)68/h8-12,14-15,27-29,34-35,38H,5-7,13,16-26,30-31H2,1-4H3,(H,59,67,68)(H2,55,57,58,60). The average Bonchev–Trinajstić information content (AvgIpc) is 3.96. The Morgan fingerprint density at radius 3 is 2.40 bits per heavy atom. The summed E-state index contributed by atoms with van der Waals surface area (Å²) in [7, 11) is -0.751. The van der Waals surface area contributed by atoms with Gasteiger partial charge in [0.2, 0.25) is 23.7 Å². The minimum atomic E-state index is -2.64. The first-order valence-corrected chi connectivity index (χ1v) is 28.4. The molecular weight excluding hydrogens is 996 g/mol. The summed E-state index contributed by atoms with van der Waals surface area (Å²) in [4.78, 5) is 62.0. The smallest absolute Gasteiger partial charge is 0.235 e. The van der Waals surface area contributed by atoms with Gasteiger partial charge in [0.25, 0.3) is 0 Å². The lowest BCUT2D eigenvalue weighted by atomic mass is 9.92. The summed E-state index contributed by atoms with van der Waals surface area (Å²) in [5, 5.41) is 16.9. The lowest BCUT2D eigenvalue weighted by molar-refractivity contribution is -0.138. The Balaban J connectivity index is 0.700. The number of aromatic nitrogens is 5. The first-order chi connectivity index (χ1) is 34.8. The molecule has 1 atom stereocenters. The highest BCUT2D eigenvalue weighted by Crippen LogP contribution is 2.54. The highest BCUT2D eigenvalue weighted by molar-refractivity contribution is 9.10. The van der Waals surface area contributed by atoms with Crippen LogP contribution in [0.2, 0.25) is 0 Å². The molecule has 3 aromatic heterocycles. The van der Waals surface area contributed by atoms with Crippen LogP contribution in [0.25, 0.3) is 21.8 Å². The molecule has 1 unspecified atom stereocenters. The summed E-state index contributed by atoms with van der Waals surface area (Å²) >= 11 is 3.67. The molecule has 72 heavy (non-hydrogen) atoms. The van der Waals surface area contributed by atoms with E-state index in [2.05, 4.69) is 87.7 Å². The number of amides is 3. The number of rotatable bonds is 12. The largest absolute Gasteiger partial charge is 0.492 e. The molecule has 11 rings (SSSR count). The van der Waals surface area contributed by atoms with E-state index in [0.717, 1.165) is 132 Å². The van der Waals surface area contributed by atoms with E-state index in [9.17, 15) is 18.9 Å². The number of fused-ring (bicyclic) bond motifs is 2. The quantitative estimate of drug-likeness (QED) is 0.0800. The monoisotopic (exact) mass is 1060 g/mol. The van der Waals surface area contributed by atoms with Crippen molar-refractivity contribution < 1.29 is 23.7 Å². The molecule has 376 valence electrons. The second kappa shape index (κ2) is 19.7. The SMILES string of the molecule is CCOc1cc(N2CCC(N3CCN(C(=O)C4CN(c5cccc6c(C7CCC(=O)NC7=O)nn(C)c56)C4)CC3)CC2)c(C)cc1Nc1ncc(Br)c(Nc2ccc3nc(C)ccc3c2P2(=O)CCCC2)n1. The van der Waals surface area contributed by atoms with Gasteiger partial charge >= 0.3 is 0 Å².